The predicted molar refractivity (Wildman–Crippen MR) is 79.2 cm³/mol. The molecule has 3 rings (SSSR count). The van der Waals surface area contributed by atoms with E-state index in [0.29, 0.717) is 11.7 Å². The Morgan fingerprint density at radius 3 is 2.76 bits per heavy atom. The Labute approximate surface area is 125 Å². The zero-order valence-corrected chi connectivity index (χ0v) is 13.1. The molecule has 2 N–H and O–H groups in total. The molecule has 1 aliphatic carbocycles. The molecule has 0 radical (unpaired) electrons. The van der Waals surface area contributed by atoms with Crippen molar-refractivity contribution in [3.05, 3.63) is 17.0 Å². The van der Waals surface area contributed by atoms with Crippen molar-refractivity contribution in [3.63, 3.8) is 0 Å². The molecule has 1 saturated carbocycles. The summed E-state index contributed by atoms with van der Waals surface area (Å²) in [5, 5.41) is 10.3. The van der Waals surface area contributed by atoms with Crippen molar-refractivity contribution >= 4 is 5.91 Å². The third kappa shape index (κ3) is 2.70. The molecule has 0 spiro atoms. The van der Waals surface area contributed by atoms with Crippen LogP contribution in [0, 0.1) is 0 Å². The highest BCUT2D eigenvalue weighted by Gasteiger charge is 2.34. The number of H-pyrrole nitrogens is 1. The Morgan fingerprint density at radius 1 is 1.38 bits per heavy atom. The molecule has 0 saturated heterocycles. The molecule has 116 valence electrons. The van der Waals surface area contributed by atoms with Gasteiger partial charge in [-0.05, 0) is 40.8 Å². The third-order valence-electron chi connectivity index (χ3n) is 4.63. The van der Waals surface area contributed by atoms with Crippen molar-refractivity contribution < 1.29 is 9.53 Å². The fourth-order valence-electron chi connectivity index (χ4n) is 3.24. The summed E-state index contributed by atoms with van der Waals surface area (Å²) in [6.45, 7) is 4.02. The maximum atomic E-state index is 12.4. The molecule has 0 aromatic carbocycles. The largest absolute Gasteiger partial charge is 0.369 e. The second-order valence-corrected chi connectivity index (χ2v) is 6.52. The highest BCUT2D eigenvalue weighted by atomic mass is 16.5. The Kier molecular flexibility index (Phi) is 3.75. The molecular formula is C15H24N4O2. The maximum absolute atomic E-state index is 12.4. The second kappa shape index (κ2) is 5.42. The lowest BCUT2D eigenvalue weighted by molar-refractivity contribution is -0.00698. The fraction of sp³-hybridized carbons (Fsp3) is 0.733. The molecule has 6 nitrogen and oxygen atoms in total. The first-order valence-electron chi connectivity index (χ1n) is 7.65. The summed E-state index contributed by atoms with van der Waals surface area (Å²) in [5.74, 6) is -0.0593. The van der Waals surface area contributed by atoms with Crippen molar-refractivity contribution in [2.24, 2.45) is 0 Å². The monoisotopic (exact) mass is 292 g/mol. The molecular weight excluding hydrogens is 268 g/mol. The van der Waals surface area contributed by atoms with Gasteiger partial charge in [-0.3, -0.25) is 9.89 Å². The van der Waals surface area contributed by atoms with Crippen molar-refractivity contribution in [2.45, 2.75) is 57.4 Å². The van der Waals surface area contributed by atoms with E-state index in [4.69, 9.17) is 4.74 Å². The number of fused-ring (bicyclic) bond motifs is 1. The second-order valence-electron chi connectivity index (χ2n) is 6.52. The van der Waals surface area contributed by atoms with Crippen LogP contribution in [0.1, 0.15) is 54.5 Å². The number of rotatable bonds is 3. The van der Waals surface area contributed by atoms with E-state index in [-0.39, 0.29) is 24.2 Å². The number of hydrogen-bond donors (Lipinski definition) is 2. The zero-order chi connectivity index (χ0) is 15.1. The Bertz CT molecular complexity index is 534. The Hall–Kier alpha value is -1.40. The van der Waals surface area contributed by atoms with Gasteiger partial charge in [-0.25, -0.2) is 0 Å². The van der Waals surface area contributed by atoms with Gasteiger partial charge in [0.25, 0.3) is 5.91 Å². The molecule has 1 fully saturated rings. The van der Waals surface area contributed by atoms with Crippen molar-refractivity contribution in [1.29, 1.82) is 0 Å². The van der Waals surface area contributed by atoms with Crippen LogP contribution in [0.3, 0.4) is 0 Å². The lowest BCUT2D eigenvalue weighted by Crippen LogP contribution is -2.52. The van der Waals surface area contributed by atoms with E-state index in [2.05, 4.69) is 34.5 Å². The van der Waals surface area contributed by atoms with Crippen LogP contribution in [0.4, 0.5) is 0 Å². The molecule has 1 amide bonds. The van der Waals surface area contributed by atoms with Gasteiger partial charge >= 0.3 is 0 Å². The number of amides is 1. The van der Waals surface area contributed by atoms with E-state index >= 15 is 0 Å². The van der Waals surface area contributed by atoms with Crippen molar-refractivity contribution in [2.75, 3.05) is 14.1 Å². The molecule has 0 unspecified atom stereocenters. The highest BCUT2D eigenvalue weighted by Crippen LogP contribution is 2.30. The quantitative estimate of drug-likeness (QED) is 0.880. The standard InChI is InChI=1S/C15H24N4O2/c1-8-5-12-13(9(2)21-8)17-18-14(12)15(20)16-10-6-11(7-10)19(3)4/h8-11H,5-7H2,1-4H3,(H,16,20)(H,17,18)/t8-,9+,10?,11?/m1/s1. The van der Waals surface area contributed by atoms with E-state index in [9.17, 15) is 4.79 Å². The van der Waals surface area contributed by atoms with Gasteiger partial charge in [0.15, 0.2) is 5.69 Å². The summed E-state index contributed by atoms with van der Waals surface area (Å²) >= 11 is 0. The maximum Gasteiger partial charge on any atom is 0.272 e. The topological polar surface area (TPSA) is 70.2 Å². The predicted octanol–water partition coefficient (Wildman–Crippen LogP) is 1.25. The first kappa shape index (κ1) is 14.5. The van der Waals surface area contributed by atoms with Gasteiger partial charge in [-0.1, -0.05) is 0 Å². The van der Waals surface area contributed by atoms with Crippen LogP contribution in [0.5, 0.6) is 0 Å². The molecule has 1 aliphatic heterocycles. The summed E-state index contributed by atoms with van der Waals surface area (Å²) in [6, 6.07) is 0.851. The molecule has 1 aromatic heterocycles. The van der Waals surface area contributed by atoms with Crippen LogP contribution in [-0.2, 0) is 11.2 Å². The zero-order valence-electron chi connectivity index (χ0n) is 13.1. The fourth-order valence-corrected chi connectivity index (χ4v) is 3.24. The van der Waals surface area contributed by atoms with Gasteiger partial charge in [0.05, 0.1) is 17.9 Å². The van der Waals surface area contributed by atoms with E-state index in [1.807, 2.05) is 13.8 Å². The van der Waals surface area contributed by atoms with Crippen LogP contribution in [-0.4, -0.2) is 53.3 Å². The molecule has 2 atom stereocenters. The molecule has 2 aliphatic rings. The normalized spacial score (nSPS) is 31.7. The van der Waals surface area contributed by atoms with E-state index < -0.39 is 0 Å². The molecule has 1 aromatic rings. The highest BCUT2D eigenvalue weighted by molar-refractivity contribution is 5.94. The summed E-state index contributed by atoms with van der Waals surface area (Å²) in [5.41, 5.74) is 2.50. The van der Waals surface area contributed by atoms with Crippen LogP contribution in [0.15, 0.2) is 0 Å². The van der Waals surface area contributed by atoms with Crippen LogP contribution in [0.25, 0.3) is 0 Å². The number of aromatic nitrogens is 2. The smallest absolute Gasteiger partial charge is 0.272 e. The van der Waals surface area contributed by atoms with Crippen LogP contribution >= 0.6 is 0 Å². The number of aromatic amines is 1. The number of carbonyl (C=O) groups excluding carboxylic acids is 1. The lowest BCUT2D eigenvalue weighted by Gasteiger charge is -2.39. The summed E-state index contributed by atoms with van der Waals surface area (Å²) in [4.78, 5) is 14.6. The molecule has 21 heavy (non-hydrogen) atoms. The lowest BCUT2D eigenvalue weighted by atomic mass is 9.86. The number of hydrogen-bond acceptors (Lipinski definition) is 4. The van der Waals surface area contributed by atoms with Gasteiger partial charge in [-0.2, -0.15) is 5.10 Å². The summed E-state index contributed by atoms with van der Waals surface area (Å²) < 4.78 is 5.75. The minimum Gasteiger partial charge on any atom is -0.369 e. The first-order valence-corrected chi connectivity index (χ1v) is 7.65. The minimum atomic E-state index is -0.0593. The summed E-state index contributed by atoms with van der Waals surface area (Å²) in [6.07, 6.45) is 2.87. The number of ether oxygens (including phenoxy) is 1. The van der Waals surface area contributed by atoms with E-state index in [1.165, 1.54) is 0 Å². The molecule has 0 bridgehead atoms. The minimum absolute atomic E-state index is 0.0281. The van der Waals surface area contributed by atoms with Crippen LogP contribution < -0.4 is 5.32 Å². The third-order valence-corrected chi connectivity index (χ3v) is 4.63. The van der Waals surface area contributed by atoms with Gasteiger partial charge in [0, 0.05) is 24.1 Å². The van der Waals surface area contributed by atoms with Crippen molar-refractivity contribution in [3.8, 4) is 0 Å². The average Bonchev–Trinajstić information content (AvgIpc) is 2.76. The van der Waals surface area contributed by atoms with Gasteiger partial charge < -0.3 is 15.0 Å². The number of carbonyl (C=O) groups is 1. The van der Waals surface area contributed by atoms with E-state index in [1.54, 1.807) is 0 Å². The average molecular weight is 292 g/mol. The van der Waals surface area contributed by atoms with Gasteiger partial charge in [-0.15, -0.1) is 0 Å². The van der Waals surface area contributed by atoms with Gasteiger partial charge in [0.1, 0.15) is 0 Å². The first-order chi connectivity index (χ1) is 9.95. The SMILES string of the molecule is C[C@@H]1Cc2c(C(=O)NC3CC(N(C)C)C3)n[nH]c2[C@H](C)O1. The van der Waals surface area contributed by atoms with Gasteiger partial charge in [0.2, 0.25) is 0 Å². The number of nitrogens with one attached hydrogen (secondary N) is 2. The Morgan fingerprint density at radius 2 is 2.10 bits per heavy atom. The van der Waals surface area contributed by atoms with E-state index in [0.717, 1.165) is 30.5 Å². The number of nitrogens with zero attached hydrogens (tertiary/aromatic N) is 2. The Balaban J connectivity index is 1.67. The van der Waals surface area contributed by atoms with Crippen LogP contribution in [0.2, 0.25) is 0 Å². The summed E-state index contributed by atoms with van der Waals surface area (Å²) in [7, 11) is 4.16. The molecule has 6 heteroatoms. The van der Waals surface area contributed by atoms with Crippen molar-refractivity contribution in [1.82, 2.24) is 20.4 Å². The molecule has 2 heterocycles.